The van der Waals surface area contributed by atoms with Crippen LogP contribution in [0.15, 0.2) is 24.4 Å². The molecule has 1 N–H and O–H groups in total. The van der Waals surface area contributed by atoms with Gasteiger partial charge in [0.1, 0.15) is 0 Å². The van der Waals surface area contributed by atoms with E-state index in [1.807, 2.05) is 13.8 Å². The second-order valence-electron chi connectivity index (χ2n) is 5.44. The van der Waals surface area contributed by atoms with Gasteiger partial charge in [-0.2, -0.15) is 0 Å². The predicted octanol–water partition coefficient (Wildman–Crippen LogP) is 4.01. The molecule has 0 aliphatic heterocycles. The Hall–Kier alpha value is -2.76. The standard InChI is InChI=1S/C18H19FN2O3/c1-4-24-15-7-5-12(9-14(15)19)6-8-16-20-10-13(18(22)23)17(21-16)11(2)3/h5-11H,4H2,1-3H3,(H,22,23)/b8-6+. The van der Waals surface area contributed by atoms with Gasteiger partial charge in [0.05, 0.1) is 17.9 Å². The van der Waals surface area contributed by atoms with Crippen molar-refractivity contribution in [2.75, 3.05) is 6.61 Å². The smallest absolute Gasteiger partial charge is 0.339 e. The lowest BCUT2D eigenvalue weighted by atomic mass is 10.1. The van der Waals surface area contributed by atoms with Gasteiger partial charge in [-0.15, -0.1) is 0 Å². The van der Waals surface area contributed by atoms with Crippen LogP contribution in [0.25, 0.3) is 12.2 Å². The van der Waals surface area contributed by atoms with Gasteiger partial charge >= 0.3 is 5.97 Å². The minimum atomic E-state index is -1.05. The Morgan fingerprint density at radius 3 is 2.71 bits per heavy atom. The Bertz CT molecular complexity index is 773. The number of hydrogen-bond donors (Lipinski definition) is 1. The first-order valence-corrected chi connectivity index (χ1v) is 7.63. The molecule has 0 saturated heterocycles. The highest BCUT2D eigenvalue weighted by Gasteiger charge is 2.15. The normalized spacial score (nSPS) is 11.2. The number of carboxylic acids is 1. The van der Waals surface area contributed by atoms with Crippen LogP contribution in [0.3, 0.4) is 0 Å². The Balaban J connectivity index is 2.27. The van der Waals surface area contributed by atoms with E-state index in [1.165, 1.54) is 12.3 Å². The lowest BCUT2D eigenvalue weighted by Gasteiger charge is -2.08. The summed E-state index contributed by atoms with van der Waals surface area (Å²) in [7, 11) is 0. The SMILES string of the molecule is CCOc1ccc(/C=C/c2ncc(C(=O)O)c(C(C)C)n2)cc1F. The van der Waals surface area contributed by atoms with E-state index in [0.717, 1.165) is 0 Å². The first-order valence-electron chi connectivity index (χ1n) is 7.63. The van der Waals surface area contributed by atoms with Gasteiger partial charge in [0.25, 0.3) is 0 Å². The third-order valence-corrected chi connectivity index (χ3v) is 3.29. The fourth-order valence-corrected chi connectivity index (χ4v) is 2.16. The van der Waals surface area contributed by atoms with Gasteiger partial charge in [-0.05, 0) is 36.6 Å². The first kappa shape index (κ1) is 17.6. The maximum absolute atomic E-state index is 13.8. The van der Waals surface area contributed by atoms with Gasteiger partial charge in [-0.25, -0.2) is 19.2 Å². The van der Waals surface area contributed by atoms with E-state index in [2.05, 4.69) is 9.97 Å². The number of aromatic carboxylic acids is 1. The number of carbonyl (C=O) groups is 1. The number of aromatic nitrogens is 2. The molecule has 0 bridgehead atoms. The summed E-state index contributed by atoms with van der Waals surface area (Å²) in [6.07, 6.45) is 4.58. The van der Waals surface area contributed by atoms with Crippen molar-refractivity contribution in [1.29, 1.82) is 0 Å². The number of carboxylic acid groups (broad SMARTS) is 1. The van der Waals surface area contributed by atoms with Crippen LogP contribution in [0.2, 0.25) is 0 Å². The average molecular weight is 330 g/mol. The lowest BCUT2D eigenvalue weighted by Crippen LogP contribution is -2.08. The van der Waals surface area contributed by atoms with Crippen molar-refractivity contribution < 1.29 is 19.0 Å². The fourth-order valence-electron chi connectivity index (χ4n) is 2.16. The Morgan fingerprint density at radius 1 is 1.38 bits per heavy atom. The number of halogens is 1. The summed E-state index contributed by atoms with van der Waals surface area (Å²) in [6, 6.07) is 4.64. The second-order valence-corrected chi connectivity index (χ2v) is 5.44. The molecule has 5 nitrogen and oxygen atoms in total. The highest BCUT2D eigenvalue weighted by molar-refractivity contribution is 5.88. The van der Waals surface area contributed by atoms with Crippen molar-refractivity contribution in [2.24, 2.45) is 0 Å². The fraction of sp³-hybridized carbons (Fsp3) is 0.278. The molecule has 0 saturated carbocycles. The molecular formula is C18H19FN2O3. The molecule has 1 heterocycles. The van der Waals surface area contributed by atoms with Crippen LogP contribution in [0.1, 0.15) is 54.1 Å². The molecule has 0 fully saturated rings. The van der Waals surface area contributed by atoms with Crippen LogP contribution in [0.5, 0.6) is 5.75 Å². The van der Waals surface area contributed by atoms with E-state index < -0.39 is 11.8 Å². The summed E-state index contributed by atoms with van der Waals surface area (Å²) in [5.74, 6) is -0.960. The summed E-state index contributed by atoms with van der Waals surface area (Å²) >= 11 is 0. The minimum Gasteiger partial charge on any atom is -0.491 e. The van der Waals surface area contributed by atoms with E-state index in [1.54, 1.807) is 31.2 Å². The Labute approximate surface area is 139 Å². The first-order chi connectivity index (χ1) is 11.4. The van der Waals surface area contributed by atoms with Gasteiger partial charge in [0, 0.05) is 6.20 Å². The number of nitrogens with zero attached hydrogens (tertiary/aromatic N) is 2. The maximum atomic E-state index is 13.8. The number of ether oxygens (including phenoxy) is 1. The van der Waals surface area contributed by atoms with Crippen LogP contribution in [0.4, 0.5) is 4.39 Å². The zero-order valence-electron chi connectivity index (χ0n) is 13.8. The molecule has 24 heavy (non-hydrogen) atoms. The molecule has 1 aromatic heterocycles. The molecule has 0 atom stereocenters. The molecule has 0 amide bonds. The molecule has 0 spiro atoms. The van der Waals surface area contributed by atoms with E-state index in [4.69, 9.17) is 9.84 Å². The van der Waals surface area contributed by atoms with Crippen molar-refractivity contribution >= 4 is 18.1 Å². The van der Waals surface area contributed by atoms with Gasteiger partial charge < -0.3 is 9.84 Å². The molecule has 0 aliphatic carbocycles. The van der Waals surface area contributed by atoms with Crippen LogP contribution in [-0.2, 0) is 0 Å². The van der Waals surface area contributed by atoms with Crippen LogP contribution < -0.4 is 4.74 Å². The van der Waals surface area contributed by atoms with Crippen molar-refractivity contribution in [3.8, 4) is 5.75 Å². The van der Waals surface area contributed by atoms with Crippen molar-refractivity contribution in [3.05, 3.63) is 52.9 Å². The zero-order chi connectivity index (χ0) is 17.7. The maximum Gasteiger partial charge on any atom is 0.339 e. The Kier molecular flexibility index (Phi) is 5.63. The highest BCUT2D eigenvalue weighted by atomic mass is 19.1. The molecule has 1 aromatic carbocycles. The molecule has 126 valence electrons. The summed E-state index contributed by atoms with van der Waals surface area (Å²) in [5, 5.41) is 9.16. The van der Waals surface area contributed by atoms with Crippen LogP contribution in [0, 0.1) is 5.82 Å². The van der Waals surface area contributed by atoms with Crippen LogP contribution in [-0.4, -0.2) is 27.7 Å². The van der Waals surface area contributed by atoms with Crippen molar-refractivity contribution in [1.82, 2.24) is 9.97 Å². The summed E-state index contributed by atoms with van der Waals surface area (Å²) in [5.41, 5.74) is 1.19. The summed E-state index contributed by atoms with van der Waals surface area (Å²) in [4.78, 5) is 19.5. The molecular weight excluding hydrogens is 311 g/mol. The predicted molar refractivity (Wildman–Crippen MR) is 89.6 cm³/mol. The second kappa shape index (κ2) is 7.68. The highest BCUT2D eigenvalue weighted by Crippen LogP contribution is 2.20. The molecule has 0 radical (unpaired) electrons. The van der Waals surface area contributed by atoms with Crippen molar-refractivity contribution in [3.63, 3.8) is 0 Å². The number of hydrogen-bond acceptors (Lipinski definition) is 4. The molecule has 2 rings (SSSR count). The van der Waals surface area contributed by atoms with E-state index >= 15 is 0 Å². The van der Waals surface area contributed by atoms with E-state index in [-0.39, 0.29) is 17.2 Å². The summed E-state index contributed by atoms with van der Waals surface area (Å²) < 4.78 is 19.0. The molecule has 6 heteroatoms. The quantitative estimate of drug-likeness (QED) is 0.866. The molecule has 0 aliphatic rings. The van der Waals surface area contributed by atoms with Gasteiger partial charge in [-0.3, -0.25) is 0 Å². The third-order valence-electron chi connectivity index (χ3n) is 3.29. The molecule has 0 unspecified atom stereocenters. The van der Waals surface area contributed by atoms with E-state index in [9.17, 15) is 9.18 Å². The van der Waals surface area contributed by atoms with Gasteiger partial charge in [-0.1, -0.05) is 26.0 Å². The van der Waals surface area contributed by atoms with Crippen LogP contribution >= 0.6 is 0 Å². The third kappa shape index (κ3) is 4.16. The van der Waals surface area contributed by atoms with E-state index in [0.29, 0.717) is 23.7 Å². The lowest BCUT2D eigenvalue weighted by molar-refractivity contribution is 0.0694. The number of rotatable bonds is 6. The van der Waals surface area contributed by atoms with Crippen molar-refractivity contribution in [2.45, 2.75) is 26.7 Å². The van der Waals surface area contributed by atoms with Gasteiger partial charge in [0.15, 0.2) is 17.4 Å². The minimum absolute atomic E-state index is 0.0471. The zero-order valence-corrected chi connectivity index (χ0v) is 13.8. The molecule has 2 aromatic rings. The Morgan fingerprint density at radius 2 is 2.12 bits per heavy atom. The topological polar surface area (TPSA) is 72.3 Å². The van der Waals surface area contributed by atoms with Gasteiger partial charge in [0.2, 0.25) is 0 Å². The monoisotopic (exact) mass is 330 g/mol. The summed E-state index contributed by atoms with van der Waals surface area (Å²) in [6.45, 7) is 5.92. The average Bonchev–Trinajstić information content (AvgIpc) is 2.55. The number of benzene rings is 1. The largest absolute Gasteiger partial charge is 0.491 e.